The van der Waals surface area contributed by atoms with E-state index in [1.165, 1.54) is 4.88 Å². The summed E-state index contributed by atoms with van der Waals surface area (Å²) in [7, 11) is 0. The molecule has 1 aromatic heterocycles. The Morgan fingerprint density at radius 2 is 2.18 bits per heavy atom. The van der Waals surface area contributed by atoms with E-state index in [-0.39, 0.29) is 27.6 Å². The molecule has 0 spiro atoms. The van der Waals surface area contributed by atoms with Crippen LogP contribution in [-0.4, -0.2) is 5.91 Å². The quantitative estimate of drug-likeness (QED) is 0.859. The lowest BCUT2D eigenvalue weighted by Crippen LogP contribution is -2.16. The third-order valence-corrected chi connectivity index (χ3v) is 6.23. The second-order valence-electron chi connectivity index (χ2n) is 6.44. The second kappa shape index (κ2) is 5.56. The van der Waals surface area contributed by atoms with Gasteiger partial charge in [0.2, 0.25) is 5.91 Å². The van der Waals surface area contributed by atoms with Crippen molar-refractivity contribution in [2.24, 2.45) is 17.3 Å². The largest absolute Gasteiger partial charge is 0.316 e. The van der Waals surface area contributed by atoms with E-state index in [0.717, 1.165) is 24.8 Å². The van der Waals surface area contributed by atoms with E-state index in [4.69, 9.17) is 23.2 Å². The Balaban J connectivity index is 1.79. The molecule has 3 nitrogen and oxygen atoms in total. The monoisotopic (exact) mass is 354 g/mol. The van der Waals surface area contributed by atoms with Gasteiger partial charge < -0.3 is 5.32 Å². The molecule has 2 aliphatic carbocycles. The fourth-order valence-electron chi connectivity index (χ4n) is 3.43. The number of carbonyl (C=O) groups excluding carboxylic acids is 1. The summed E-state index contributed by atoms with van der Waals surface area (Å²) in [6.45, 7) is 4.05. The van der Waals surface area contributed by atoms with Gasteiger partial charge in [-0.15, -0.1) is 11.3 Å². The summed E-state index contributed by atoms with van der Waals surface area (Å²) in [6, 6.07) is 2.25. The number of hydrogen-bond donors (Lipinski definition) is 1. The van der Waals surface area contributed by atoms with Gasteiger partial charge in [0.25, 0.3) is 0 Å². The molecule has 116 valence electrons. The first kappa shape index (κ1) is 15.9. The number of aryl methyl sites for hydroxylation is 1. The Morgan fingerprint density at radius 1 is 1.45 bits per heavy atom. The third kappa shape index (κ3) is 2.56. The van der Waals surface area contributed by atoms with E-state index >= 15 is 0 Å². The molecule has 0 radical (unpaired) electrons. The van der Waals surface area contributed by atoms with Crippen molar-refractivity contribution in [2.45, 2.75) is 33.1 Å². The maximum Gasteiger partial charge on any atom is 0.229 e. The molecular formula is C16H16Cl2N2OS. The number of fused-ring (bicyclic) bond motifs is 1. The number of anilines is 1. The summed E-state index contributed by atoms with van der Waals surface area (Å²) < 4.78 is 0.196. The number of rotatable bonds is 3. The van der Waals surface area contributed by atoms with E-state index in [0.29, 0.717) is 10.6 Å². The first-order valence-electron chi connectivity index (χ1n) is 7.24. The molecule has 2 aliphatic rings. The zero-order valence-electron chi connectivity index (χ0n) is 12.4. The smallest absolute Gasteiger partial charge is 0.229 e. The average molecular weight is 355 g/mol. The van der Waals surface area contributed by atoms with Crippen molar-refractivity contribution in [1.29, 1.82) is 5.26 Å². The average Bonchev–Trinajstić information content (AvgIpc) is 2.78. The highest BCUT2D eigenvalue weighted by molar-refractivity contribution is 7.16. The predicted molar refractivity (Wildman–Crippen MR) is 90.2 cm³/mol. The topological polar surface area (TPSA) is 52.9 Å². The fourth-order valence-corrected chi connectivity index (χ4v) is 4.94. The minimum Gasteiger partial charge on any atom is -0.316 e. The number of nitriles is 1. The van der Waals surface area contributed by atoms with Crippen molar-refractivity contribution in [3.8, 4) is 6.07 Å². The Kier molecular flexibility index (Phi) is 4.01. The van der Waals surface area contributed by atoms with Gasteiger partial charge in [0.1, 0.15) is 15.6 Å². The lowest BCUT2D eigenvalue weighted by molar-refractivity contribution is -0.118. The predicted octanol–water partition coefficient (Wildman–Crippen LogP) is 4.64. The van der Waals surface area contributed by atoms with Gasteiger partial charge in [-0.3, -0.25) is 4.79 Å². The Labute approximate surface area is 143 Å². The SMILES string of the molecule is CC1(C)[C@@H](C=C(Cl)Cl)[C@@H]1C(=O)Nc1sc2c(c1C#N)CCC2. The zero-order valence-corrected chi connectivity index (χ0v) is 14.7. The van der Waals surface area contributed by atoms with Gasteiger partial charge in [-0.05, 0) is 42.2 Å². The summed E-state index contributed by atoms with van der Waals surface area (Å²) in [5.74, 6) is -0.185. The number of allylic oxidation sites excluding steroid dienone is 1. The highest BCUT2D eigenvalue weighted by Gasteiger charge is 2.60. The summed E-state index contributed by atoms with van der Waals surface area (Å²) in [6.07, 6.45) is 4.77. The summed E-state index contributed by atoms with van der Waals surface area (Å²) >= 11 is 13.0. The van der Waals surface area contributed by atoms with Crippen LogP contribution >= 0.6 is 34.5 Å². The van der Waals surface area contributed by atoms with Crippen molar-refractivity contribution in [3.63, 3.8) is 0 Å². The van der Waals surface area contributed by atoms with Crippen LogP contribution in [0.3, 0.4) is 0 Å². The number of hydrogen-bond acceptors (Lipinski definition) is 3. The van der Waals surface area contributed by atoms with E-state index < -0.39 is 0 Å². The molecule has 1 N–H and O–H groups in total. The van der Waals surface area contributed by atoms with Crippen molar-refractivity contribution >= 4 is 45.4 Å². The van der Waals surface area contributed by atoms with E-state index in [1.807, 2.05) is 13.8 Å². The van der Waals surface area contributed by atoms with Crippen LogP contribution in [-0.2, 0) is 17.6 Å². The van der Waals surface area contributed by atoms with E-state index in [9.17, 15) is 10.1 Å². The van der Waals surface area contributed by atoms with Crippen LogP contribution in [0.25, 0.3) is 0 Å². The van der Waals surface area contributed by atoms with E-state index in [1.54, 1.807) is 17.4 Å². The van der Waals surface area contributed by atoms with Gasteiger partial charge in [-0.1, -0.05) is 37.0 Å². The minimum atomic E-state index is -0.163. The van der Waals surface area contributed by atoms with Gasteiger partial charge >= 0.3 is 0 Å². The van der Waals surface area contributed by atoms with Crippen LogP contribution in [0.5, 0.6) is 0 Å². The van der Waals surface area contributed by atoms with Crippen molar-refractivity contribution < 1.29 is 4.79 Å². The number of nitrogens with zero attached hydrogens (tertiary/aromatic N) is 1. The van der Waals surface area contributed by atoms with Gasteiger partial charge in [0.05, 0.1) is 11.5 Å². The number of nitrogens with one attached hydrogen (secondary N) is 1. The summed E-state index contributed by atoms with van der Waals surface area (Å²) in [4.78, 5) is 13.8. The maximum atomic E-state index is 12.5. The molecule has 1 heterocycles. The molecule has 0 bridgehead atoms. The van der Waals surface area contributed by atoms with Crippen LogP contribution in [0.4, 0.5) is 5.00 Å². The Hall–Kier alpha value is -1.02. The number of carbonyl (C=O) groups is 1. The van der Waals surface area contributed by atoms with Crippen molar-refractivity contribution in [1.82, 2.24) is 0 Å². The van der Waals surface area contributed by atoms with Crippen LogP contribution in [0, 0.1) is 28.6 Å². The standard InChI is InChI=1S/C16H16Cl2N2OS/c1-16(2)10(6-12(17)18)13(16)14(21)20-15-9(7-19)8-4-3-5-11(8)22-15/h6,10,13H,3-5H2,1-2H3,(H,20,21)/t10-,13+/m0/s1. The van der Waals surface area contributed by atoms with Gasteiger partial charge in [0.15, 0.2) is 0 Å². The molecule has 22 heavy (non-hydrogen) atoms. The lowest BCUT2D eigenvalue weighted by atomic mass is 10.1. The third-order valence-electron chi connectivity index (χ3n) is 4.77. The summed E-state index contributed by atoms with van der Waals surface area (Å²) in [5.41, 5.74) is 1.61. The normalized spacial score (nSPS) is 24.3. The molecule has 0 aromatic carbocycles. The minimum absolute atomic E-state index is 0.0369. The number of halogens is 2. The molecule has 1 amide bonds. The van der Waals surface area contributed by atoms with Crippen LogP contribution in [0.1, 0.15) is 36.3 Å². The van der Waals surface area contributed by atoms with Gasteiger partial charge in [-0.2, -0.15) is 5.26 Å². The maximum absolute atomic E-state index is 12.5. The first-order chi connectivity index (χ1) is 10.4. The van der Waals surface area contributed by atoms with E-state index in [2.05, 4.69) is 11.4 Å². The molecule has 2 atom stereocenters. The van der Waals surface area contributed by atoms with Gasteiger partial charge in [0, 0.05) is 4.88 Å². The molecule has 3 rings (SSSR count). The lowest BCUT2D eigenvalue weighted by Gasteiger charge is -2.05. The van der Waals surface area contributed by atoms with Crippen LogP contribution in [0.2, 0.25) is 0 Å². The van der Waals surface area contributed by atoms with Gasteiger partial charge in [-0.25, -0.2) is 0 Å². The van der Waals surface area contributed by atoms with Crippen molar-refractivity contribution in [3.05, 3.63) is 26.6 Å². The number of thiophene rings is 1. The zero-order chi connectivity index (χ0) is 16.1. The van der Waals surface area contributed by atoms with Crippen LogP contribution < -0.4 is 5.32 Å². The fraction of sp³-hybridized carbons (Fsp3) is 0.500. The molecular weight excluding hydrogens is 339 g/mol. The molecule has 6 heteroatoms. The first-order valence-corrected chi connectivity index (χ1v) is 8.81. The Morgan fingerprint density at radius 3 is 2.82 bits per heavy atom. The molecule has 0 aliphatic heterocycles. The molecule has 1 fully saturated rings. The number of amides is 1. The van der Waals surface area contributed by atoms with Crippen molar-refractivity contribution in [2.75, 3.05) is 5.32 Å². The van der Waals surface area contributed by atoms with Crippen LogP contribution in [0.15, 0.2) is 10.6 Å². The summed E-state index contributed by atoms with van der Waals surface area (Å²) in [5, 5.41) is 13.0. The molecule has 0 unspecified atom stereocenters. The highest BCUT2D eigenvalue weighted by atomic mass is 35.5. The molecule has 1 aromatic rings. The second-order valence-corrected chi connectivity index (χ2v) is 8.56. The Bertz CT molecular complexity index is 710. The molecule has 1 saturated carbocycles. The molecule has 0 saturated heterocycles. The highest BCUT2D eigenvalue weighted by Crippen LogP contribution is 2.60.